The van der Waals surface area contributed by atoms with Crippen molar-refractivity contribution in [3.05, 3.63) is 76.0 Å². The number of amides is 1. The van der Waals surface area contributed by atoms with Crippen molar-refractivity contribution in [1.29, 1.82) is 0 Å². The van der Waals surface area contributed by atoms with Crippen LogP contribution in [0.25, 0.3) is 16.7 Å². The maximum Gasteiger partial charge on any atom is 0.263 e. The number of nitrogens with zero attached hydrogens (tertiary/aromatic N) is 3. The topological polar surface area (TPSA) is 69.0 Å². The van der Waals surface area contributed by atoms with Gasteiger partial charge in [-0.25, -0.2) is 4.98 Å². The normalized spacial score (nSPS) is 11.1. The lowest BCUT2D eigenvalue weighted by Gasteiger charge is -2.13. The van der Waals surface area contributed by atoms with Crippen molar-refractivity contribution in [2.24, 2.45) is 0 Å². The molecule has 1 N–H and O–H groups in total. The van der Waals surface area contributed by atoms with Crippen LogP contribution in [0.5, 0.6) is 5.75 Å². The minimum Gasteiger partial charge on any atom is -0.483 e. The molecule has 164 valence electrons. The highest BCUT2D eigenvalue weighted by Gasteiger charge is 2.15. The van der Waals surface area contributed by atoms with Crippen LogP contribution in [-0.4, -0.2) is 27.3 Å². The van der Waals surface area contributed by atoms with E-state index in [1.165, 1.54) is 5.56 Å². The third-order valence-corrected chi connectivity index (χ3v) is 5.67. The van der Waals surface area contributed by atoms with Gasteiger partial charge in [0.2, 0.25) is 0 Å². The van der Waals surface area contributed by atoms with E-state index >= 15 is 0 Å². The minimum absolute atomic E-state index is 0.0862. The molecule has 0 fully saturated rings. The Balaban J connectivity index is 1.61. The Bertz CT molecular complexity index is 1340. The number of benzene rings is 2. The lowest BCUT2D eigenvalue weighted by molar-refractivity contribution is -0.118. The van der Waals surface area contributed by atoms with Crippen LogP contribution >= 0.6 is 0 Å². The molecule has 32 heavy (non-hydrogen) atoms. The molecule has 0 bridgehead atoms. The molecule has 2 aromatic carbocycles. The van der Waals surface area contributed by atoms with Crippen LogP contribution in [-0.2, 0) is 4.79 Å². The van der Waals surface area contributed by atoms with Crippen LogP contribution in [0, 0.1) is 41.5 Å². The molecule has 0 aliphatic carbocycles. The summed E-state index contributed by atoms with van der Waals surface area (Å²) in [5, 5.41) is 8.62. The fourth-order valence-corrected chi connectivity index (χ4v) is 3.90. The highest BCUT2D eigenvalue weighted by Crippen LogP contribution is 2.26. The predicted molar refractivity (Wildman–Crippen MR) is 128 cm³/mol. The molecule has 4 aromatic rings. The molecule has 6 heteroatoms. The van der Waals surface area contributed by atoms with E-state index in [1.807, 2.05) is 51.1 Å². The third kappa shape index (κ3) is 4.21. The van der Waals surface area contributed by atoms with Crippen molar-refractivity contribution >= 4 is 22.6 Å². The Morgan fingerprint density at radius 2 is 1.75 bits per heavy atom. The standard InChI is InChI=1S/C26H28N4O2/c1-15-10-18(4)26-21(11-15)17(3)12-23(28-26)30-24(13-19(5)29-30)27-25(31)14-32-22-9-7-8-16(2)20(22)6/h7-13H,14H2,1-6H3,(H,27,31). The number of aromatic nitrogens is 3. The van der Waals surface area contributed by atoms with E-state index in [1.54, 1.807) is 4.68 Å². The van der Waals surface area contributed by atoms with E-state index in [-0.39, 0.29) is 12.5 Å². The van der Waals surface area contributed by atoms with Gasteiger partial charge in [-0.1, -0.05) is 23.8 Å². The number of carbonyl (C=O) groups is 1. The van der Waals surface area contributed by atoms with Crippen LogP contribution in [0.1, 0.15) is 33.5 Å². The summed E-state index contributed by atoms with van der Waals surface area (Å²) in [6.07, 6.45) is 0. The van der Waals surface area contributed by atoms with Crippen molar-refractivity contribution in [2.45, 2.75) is 41.5 Å². The van der Waals surface area contributed by atoms with Gasteiger partial charge in [0.1, 0.15) is 11.6 Å². The zero-order valence-electron chi connectivity index (χ0n) is 19.4. The molecular weight excluding hydrogens is 400 g/mol. The summed E-state index contributed by atoms with van der Waals surface area (Å²) in [5.41, 5.74) is 7.31. The fraction of sp³-hybridized carbons (Fsp3) is 0.269. The molecule has 0 radical (unpaired) electrons. The Morgan fingerprint density at radius 3 is 2.53 bits per heavy atom. The Kier molecular flexibility index (Phi) is 5.70. The second kappa shape index (κ2) is 8.46. The van der Waals surface area contributed by atoms with Crippen molar-refractivity contribution in [3.63, 3.8) is 0 Å². The van der Waals surface area contributed by atoms with Gasteiger partial charge in [-0.15, -0.1) is 0 Å². The van der Waals surface area contributed by atoms with Crippen LogP contribution in [0.4, 0.5) is 5.82 Å². The summed E-state index contributed by atoms with van der Waals surface area (Å²) < 4.78 is 7.43. The van der Waals surface area contributed by atoms with Gasteiger partial charge in [-0.05, 0) is 82.0 Å². The summed E-state index contributed by atoms with van der Waals surface area (Å²) in [6, 6.07) is 13.9. The summed E-state index contributed by atoms with van der Waals surface area (Å²) in [7, 11) is 0. The SMILES string of the molecule is Cc1cc(C)c2nc(-n3nc(C)cc3NC(=O)COc3cccc(C)c3C)cc(C)c2c1. The van der Waals surface area contributed by atoms with E-state index in [2.05, 4.69) is 43.3 Å². The minimum atomic E-state index is -0.253. The van der Waals surface area contributed by atoms with E-state index in [0.717, 1.165) is 38.9 Å². The van der Waals surface area contributed by atoms with Gasteiger partial charge in [-0.2, -0.15) is 9.78 Å². The zero-order chi connectivity index (χ0) is 23.0. The molecule has 0 saturated carbocycles. The number of aryl methyl sites for hydroxylation is 5. The first-order valence-electron chi connectivity index (χ1n) is 10.7. The Labute approximate surface area is 188 Å². The van der Waals surface area contributed by atoms with Gasteiger partial charge in [-0.3, -0.25) is 4.79 Å². The van der Waals surface area contributed by atoms with Gasteiger partial charge >= 0.3 is 0 Å². The second-order valence-corrected chi connectivity index (χ2v) is 8.39. The van der Waals surface area contributed by atoms with E-state index in [4.69, 9.17) is 9.72 Å². The predicted octanol–water partition coefficient (Wildman–Crippen LogP) is 5.29. The molecule has 0 atom stereocenters. The van der Waals surface area contributed by atoms with Gasteiger partial charge in [0, 0.05) is 11.5 Å². The van der Waals surface area contributed by atoms with Gasteiger partial charge in [0.25, 0.3) is 5.91 Å². The summed E-state index contributed by atoms with van der Waals surface area (Å²) in [4.78, 5) is 17.5. The van der Waals surface area contributed by atoms with E-state index < -0.39 is 0 Å². The number of anilines is 1. The van der Waals surface area contributed by atoms with E-state index in [0.29, 0.717) is 17.4 Å². The average Bonchev–Trinajstić information content (AvgIpc) is 3.09. The van der Waals surface area contributed by atoms with Crippen LogP contribution in [0.2, 0.25) is 0 Å². The zero-order valence-corrected chi connectivity index (χ0v) is 19.4. The maximum atomic E-state index is 12.6. The van der Waals surface area contributed by atoms with Gasteiger partial charge in [0.05, 0.1) is 11.2 Å². The number of nitrogens with one attached hydrogen (secondary N) is 1. The highest BCUT2D eigenvalue weighted by atomic mass is 16.5. The van der Waals surface area contributed by atoms with Gasteiger partial charge < -0.3 is 10.1 Å². The van der Waals surface area contributed by atoms with Crippen LogP contribution < -0.4 is 10.1 Å². The quantitative estimate of drug-likeness (QED) is 0.469. The molecule has 2 heterocycles. The number of pyridine rings is 1. The molecule has 0 saturated heterocycles. The number of hydrogen-bond donors (Lipinski definition) is 1. The monoisotopic (exact) mass is 428 g/mol. The molecule has 6 nitrogen and oxygen atoms in total. The Morgan fingerprint density at radius 1 is 0.969 bits per heavy atom. The van der Waals surface area contributed by atoms with Crippen molar-refractivity contribution in [2.75, 3.05) is 11.9 Å². The number of carbonyl (C=O) groups excluding carboxylic acids is 1. The number of fused-ring (bicyclic) bond motifs is 1. The molecule has 2 aromatic heterocycles. The molecule has 0 spiro atoms. The van der Waals surface area contributed by atoms with Crippen LogP contribution in [0.3, 0.4) is 0 Å². The summed E-state index contributed by atoms with van der Waals surface area (Å²) >= 11 is 0. The van der Waals surface area contributed by atoms with Gasteiger partial charge in [0.15, 0.2) is 12.4 Å². The van der Waals surface area contributed by atoms with Crippen molar-refractivity contribution < 1.29 is 9.53 Å². The van der Waals surface area contributed by atoms with Crippen molar-refractivity contribution in [3.8, 4) is 11.6 Å². The lowest BCUT2D eigenvalue weighted by Crippen LogP contribution is -2.22. The largest absolute Gasteiger partial charge is 0.483 e. The number of ether oxygens (including phenoxy) is 1. The third-order valence-electron chi connectivity index (χ3n) is 5.67. The molecule has 0 aliphatic heterocycles. The number of rotatable bonds is 5. The first kappa shape index (κ1) is 21.6. The first-order chi connectivity index (χ1) is 15.2. The molecule has 0 aliphatic rings. The molecular formula is C26H28N4O2. The number of hydrogen-bond acceptors (Lipinski definition) is 4. The molecule has 0 unspecified atom stereocenters. The fourth-order valence-electron chi connectivity index (χ4n) is 3.90. The molecule has 1 amide bonds. The second-order valence-electron chi connectivity index (χ2n) is 8.39. The first-order valence-corrected chi connectivity index (χ1v) is 10.7. The van der Waals surface area contributed by atoms with Crippen molar-refractivity contribution in [1.82, 2.24) is 14.8 Å². The highest BCUT2D eigenvalue weighted by molar-refractivity contribution is 5.91. The maximum absolute atomic E-state index is 12.6. The lowest BCUT2D eigenvalue weighted by atomic mass is 10.0. The smallest absolute Gasteiger partial charge is 0.263 e. The van der Waals surface area contributed by atoms with E-state index in [9.17, 15) is 4.79 Å². The average molecular weight is 429 g/mol. The summed E-state index contributed by atoms with van der Waals surface area (Å²) in [6.45, 7) is 12.0. The molecule has 4 rings (SSSR count). The van der Waals surface area contributed by atoms with Crippen LogP contribution in [0.15, 0.2) is 42.5 Å². The summed E-state index contributed by atoms with van der Waals surface area (Å²) in [5.74, 6) is 1.69. The Hall–Kier alpha value is -3.67.